The Balaban J connectivity index is 2.26. The summed E-state index contributed by atoms with van der Waals surface area (Å²) in [5.74, 6) is -0.145. The van der Waals surface area contributed by atoms with Crippen LogP contribution in [0.25, 0.3) is 0 Å². The number of carbonyl (C=O) groups is 1. The number of aromatic nitrogens is 3. The highest BCUT2D eigenvalue weighted by molar-refractivity contribution is 6.05. The normalized spacial score (nSPS) is 10.2. The van der Waals surface area contributed by atoms with Crippen molar-refractivity contribution in [1.82, 2.24) is 14.8 Å². The zero-order valence-corrected chi connectivity index (χ0v) is 9.51. The van der Waals surface area contributed by atoms with Gasteiger partial charge in [-0.25, -0.2) is 4.68 Å². The number of aromatic hydroxyl groups is 1. The lowest BCUT2D eigenvalue weighted by molar-refractivity contribution is 0.102. The fraction of sp³-hybridized carbons (Fsp3) is 0.182. The lowest BCUT2D eigenvalue weighted by Crippen LogP contribution is -2.15. The first-order valence-corrected chi connectivity index (χ1v) is 5.03. The van der Waals surface area contributed by atoms with Gasteiger partial charge in [0.05, 0.1) is 5.56 Å². The number of phenolic OH excluding ortho intramolecular Hbond substituents is 1. The minimum absolute atomic E-state index is 0.0599. The summed E-state index contributed by atoms with van der Waals surface area (Å²) in [6, 6.07) is 4.83. The number of hydrogen-bond acceptors (Lipinski definition) is 4. The molecule has 6 heteroatoms. The second-order valence-corrected chi connectivity index (χ2v) is 3.68. The lowest BCUT2D eigenvalue weighted by atomic mass is 10.1. The molecular formula is C11H12N4O2. The molecule has 88 valence electrons. The van der Waals surface area contributed by atoms with Crippen molar-refractivity contribution in [2.45, 2.75) is 6.92 Å². The third-order valence-corrected chi connectivity index (χ3v) is 2.33. The van der Waals surface area contributed by atoms with Crippen molar-refractivity contribution < 1.29 is 9.90 Å². The van der Waals surface area contributed by atoms with E-state index in [9.17, 15) is 9.90 Å². The van der Waals surface area contributed by atoms with Crippen LogP contribution < -0.4 is 5.32 Å². The van der Waals surface area contributed by atoms with Gasteiger partial charge in [0.1, 0.15) is 12.1 Å². The van der Waals surface area contributed by atoms with E-state index in [0.29, 0.717) is 5.95 Å². The van der Waals surface area contributed by atoms with Crippen molar-refractivity contribution in [3.63, 3.8) is 0 Å². The number of phenols is 1. The maximum Gasteiger partial charge on any atom is 0.261 e. The van der Waals surface area contributed by atoms with Gasteiger partial charge in [-0.3, -0.25) is 10.1 Å². The summed E-state index contributed by atoms with van der Waals surface area (Å²) < 4.78 is 1.44. The highest BCUT2D eigenvalue weighted by atomic mass is 16.3. The van der Waals surface area contributed by atoms with Crippen molar-refractivity contribution in [1.29, 1.82) is 0 Å². The summed E-state index contributed by atoms with van der Waals surface area (Å²) in [5.41, 5.74) is 1.11. The van der Waals surface area contributed by atoms with Crippen LogP contribution >= 0.6 is 0 Å². The first-order valence-electron chi connectivity index (χ1n) is 5.03. The molecule has 0 unspecified atom stereocenters. The molecule has 17 heavy (non-hydrogen) atoms. The predicted octanol–water partition coefficient (Wildman–Crippen LogP) is 1.08. The molecule has 1 heterocycles. The average molecular weight is 232 g/mol. The molecule has 2 rings (SSSR count). The SMILES string of the molecule is Cc1ccc(O)c(C(=O)Nc2ncnn2C)c1. The van der Waals surface area contributed by atoms with Crippen LogP contribution in [-0.4, -0.2) is 25.8 Å². The van der Waals surface area contributed by atoms with E-state index >= 15 is 0 Å². The van der Waals surface area contributed by atoms with Crippen LogP contribution in [0.15, 0.2) is 24.5 Å². The number of hydrogen-bond donors (Lipinski definition) is 2. The molecular weight excluding hydrogens is 220 g/mol. The highest BCUT2D eigenvalue weighted by Gasteiger charge is 2.13. The molecule has 0 spiro atoms. The molecule has 0 radical (unpaired) electrons. The van der Waals surface area contributed by atoms with E-state index in [1.54, 1.807) is 19.2 Å². The Hall–Kier alpha value is -2.37. The van der Waals surface area contributed by atoms with Crippen LogP contribution in [0.3, 0.4) is 0 Å². The Labute approximate surface area is 97.9 Å². The number of carbonyl (C=O) groups excluding carboxylic acids is 1. The van der Waals surface area contributed by atoms with Crippen LogP contribution in [0.1, 0.15) is 15.9 Å². The third kappa shape index (κ3) is 2.25. The summed E-state index contributed by atoms with van der Waals surface area (Å²) in [6.45, 7) is 1.85. The van der Waals surface area contributed by atoms with Crippen LogP contribution in [0.2, 0.25) is 0 Å². The molecule has 0 saturated carbocycles. The summed E-state index contributed by atoms with van der Waals surface area (Å²) >= 11 is 0. The van der Waals surface area contributed by atoms with Gasteiger partial charge in [0, 0.05) is 7.05 Å². The smallest absolute Gasteiger partial charge is 0.261 e. The predicted molar refractivity (Wildman–Crippen MR) is 61.8 cm³/mol. The van der Waals surface area contributed by atoms with Crippen LogP contribution in [0.5, 0.6) is 5.75 Å². The van der Waals surface area contributed by atoms with Gasteiger partial charge in [-0.05, 0) is 19.1 Å². The Morgan fingerprint density at radius 1 is 1.47 bits per heavy atom. The molecule has 0 bridgehead atoms. The summed E-state index contributed by atoms with van der Waals surface area (Å²) in [4.78, 5) is 15.8. The Morgan fingerprint density at radius 2 is 2.24 bits per heavy atom. The zero-order valence-electron chi connectivity index (χ0n) is 9.51. The maximum absolute atomic E-state index is 11.9. The van der Waals surface area contributed by atoms with E-state index in [2.05, 4.69) is 15.4 Å². The molecule has 0 aliphatic heterocycles. The number of benzene rings is 1. The van der Waals surface area contributed by atoms with Crippen molar-refractivity contribution in [3.05, 3.63) is 35.7 Å². The largest absolute Gasteiger partial charge is 0.507 e. The highest BCUT2D eigenvalue weighted by Crippen LogP contribution is 2.19. The number of aryl methyl sites for hydroxylation is 2. The lowest BCUT2D eigenvalue weighted by Gasteiger charge is -2.06. The molecule has 0 aliphatic carbocycles. The van der Waals surface area contributed by atoms with Gasteiger partial charge in [0.25, 0.3) is 5.91 Å². The first kappa shape index (κ1) is 11.1. The van der Waals surface area contributed by atoms with Crippen molar-refractivity contribution in [2.24, 2.45) is 7.05 Å². The average Bonchev–Trinajstić information content (AvgIpc) is 2.68. The minimum atomic E-state index is -0.415. The molecule has 2 aromatic rings. The van der Waals surface area contributed by atoms with Gasteiger partial charge < -0.3 is 5.11 Å². The van der Waals surface area contributed by atoms with E-state index in [-0.39, 0.29) is 11.3 Å². The number of anilines is 1. The van der Waals surface area contributed by atoms with E-state index in [1.807, 2.05) is 6.92 Å². The van der Waals surface area contributed by atoms with E-state index in [4.69, 9.17) is 0 Å². The molecule has 0 aliphatic rings. The minimum Gasteiger partial charge on any atom is -0.507 e. The molecule has 0 fully saturated rings. The molecule has 0 atom stereocenters. The maximum atomic E-state index is 11.9. The quantitative estimate of drug-likeness (QED) is 0.812. The zero-order chi connectivity index (χ0) is 12.4. The fourth-order valence-electron chi connectivity index (χ4n) is 1.41. The van der Waals surface area contributed by atoms with E-state index in [0.717, 1.165) is 5.56 Å². The van der Waals surface area contributed by atoms with Gasteiger partial charge in [0.15, 0.2) is 0 Å². The second kappa shape index (κ2) is 4.25. The van der Waals surface area contributed by atoms with Crippen molar-refractivity contribution in [2.75, 3.05) is 5.32 Å². The number of rotatable bonds is 2. The van der Waals surface area contributed by atoms with Gasteiger partial charge in [-0.2, -0.15) is 10.1 Å². The standard InChI is InChI=1S/C11H12N4O2/c1-7-3-4-9(16)8(5-7)10(17)14-11-12-6-13-15(11)2/h3-6,16H,1-2H3,(H,12,13,14,17). The molecule has 1 amide bonds. The first-order chi connectivity index (χ1) is 8.08. The summed E-state index contributed by atoms with van der Waals surface area (Å²) in [5, 5.41) is 16.0. The topological polar surface area (TPSA) is 80.0 Å². The third-order valence-electron chi connectivity index (χ3n) is 2.33. The Kier molecular flexibility index (Phi) is 2.78. The Bertz CT molecular complexity index is 562. The van der Waals surface area contributed by atoms with Gasteiger partial charge in [-0.15, -0.1) is 0 Å². The molecule has 6 nitrogen and oxygen atoms in total. The number of amides is 1. The van der Waals surface area contributed by atoms with Crippen molar-refractivity contribution >= 4 is 11.9 Å². The van der Waals surface area contributed by atoms with Gasteiger partial charge >= 0.3 is 0 Å². The monoisotopic (exact) mass is 232 g/mol. The van der Waals surface area contributed by atoms with Gasteiger partial charge in [0.2, 0.25) is 5.95 Å². The number of nitrogens with zero attached hydrogens (tertiary/aromatic N) is 3. The van der Waals surface area contributed by atoms with Crippen LogP contribution in [-0.2, 0) is 7.05 Å². The van der Waals surface area contributed by atoms with Crippen LogP contribution in [0, 0.1) is 6.92 Å². The molecule has 2 N–H and O–H groups in total. The summed E-state index contributed by atoms with van der Waals surface area (Å²) in [7, 11) is 1.67. The van der Waals surface area contributed by atoms with Gasteiger partial charge in [-0.1, -0.05) is 11.6 Å². The Morgan fingerprint density at radius 3 is 2.88 bits per heavy atom. The molecule has 1 aromatic carbocycles. The van der Waals surface area contributed by atoms with Crippen LogP contribution in [0.4, 0.5) is 5.95 Å². The number of nitrogens with one attached hydrogen (secondary N) is 1. The van der Waals surface area contributed by atoms with E-state index in [1.165, 1.54) is 17.1 Å². The van der Waals surface area contributed by atoms with Crippen molar-refractivity contribution in [3.8, 4) is 5.75 Å². The second-order valence-electron chi connectivity index (χ2n) is 3.68. The molecule has 1 aromatic heterocycles. The fourth-order valence-corrected chi connectivity index (χ4v) is 1.41. The van der Waals surface area contributed by atoms with E-state index < -0.39 is 5.91 Å². The molecule has 0 saturated heterocycles. The summed E-state index contributed by atoms with van der Waals surface area (Å²) in [6.07, 6.45) is 1.34.